The summed E-state index contributed by atoms with van der Waals surface area (Å²) in [6.45, 7) is 0.300. The highest BCUT2D eigenvalue weighted by atomic mass is 35.5. The molecular weight excluding hydrogens is 298 g/mol. The molecule has 0 aliphatic heterocycles. The van der Waals surface area contributed by atoms with E-state index in [1.54, 1.807) is 0 Å². The summed E-state index contributed by atoms with van der Waals surface area (Å²) < 4.78 is 26.6. The maximum atomic E-state index is 12.0. The fourth-order valence-electron chi connectivity index (χ4n) is 1.64. The number of nitrogens with one attached hydrogen (secondary N) is 1. The minimum absolute atomic E-state index is 0.00441. The first kappa shape index (κ1) is 14.8. The van der Waals surface area contributed by atoms with Gasteiger partial charge in [-0.2, -0.15) is 0 Å². The Morgan fingerprint density at radius 3 is 2.60 bits per heavy atom. The molecule has 0 amide bonds. The third-order valence-corrected chi connectivity index (χ3v) is 4.43. The molecule has 0 unspecified atom stereocenters. The number of benzene rings is 1. The standard InChI is InChI=1S/C13H14ClN3O2S/c14-12-8-11(9-16-13(12)15)20(18,19)17-7-6-10-4-2-1-3-5-10/h1-5,8-9,17H,6-7H2,(H2,15,16). The molecule has 3 N–H and O–H groups in total. The van der Waals surface area contributed by atoms with Crippen molar-refractivity contribution in [2.24, 2.45) is 0 Å². The van der Waals surface area contributed by atoms with Gasteiger partial charge in [-0.25, -0.2) is 18.1 Å². The monoisotopic (exact) mass is 311 g/mol. The van der Waals surface area contributed by atoms with Crippen molar-refractivity contribution in [3.05, 3.63) is 53.2 Å². The van der Waals surface area contributed by atoms with E-state index in [4.69, 9.17) is 17.3 Å². The lowest BCUT2D eigenvalue weighted by molar-refractivity contribution is 0.581. The second-order valence-corrected chi connectivity index (χ2v) is 6.35. The van der Waals surface area contributed by atoms with Crippen LogP contribution in [-0.2, 0) is 16.4 Å². The largest absolute Gasteiger partial charge is 0.382 e. The first-order chi connectivity index (χ1) is 9.49. The van der Waals surface area contributed by atoms with Crippen LogP contribution in [0.1, 0.15) is 5.56 Å². The van der Waals surface area contributed by atoms with E-state index in [0.29, 0.717) is 13.0 Å². The van der Waals surface area contributed by atoms with Gasteiger partial charge in [0, 0.05) is 12.7 Å². The number of anilines is 1. The average Bonchev–Trinajstić information content (AvgIpc) is 2.43. The highest BCUT2D eigenvalue weighted by Crippen LogP contribution is 2.19. The van der Waals surface area contributed by atoms with Crippen molar-refractivity contribution in [3.8, 4) is 0 Å². The molecule has 0 radical (unpaired) electrons. The van der Waals surface area contributed by atoms with Gasteiger partial charge in [0.15, 0.2) is 0 Å². The van der Waals surface area contributed by atoms with Gasteiger partial charge in [-0.3, -0.25) is 0 Å². The third kappa shape index (κ3) is 3.69. The fraction of sp³-hybridized carbons (Fsp3) is 0.154. The predicted octanol–water partition coefficient (Wildman–Crippen LogP) is 1.84. The number of nitrogen functional groups attached to an aromatic ring is 1. The molecule has 1 aromatic carbocycles. The van der Waals surface area contributed by atoms with Crippen molar-refractivity contribution in [2.75, 3.05) is 12.3 Å². The highest BCUT2D eigenvalue weighted by molar-refractivity contribution is 7.89. The molecule has 0 fully saturated rings. The lowest BCUT2D eigenvalue weighted by Gasteiger charge is -2.07. The summed E-state index contributed by atoms with van der Waals surface area (Å²) in [5.41, 5.74) is 6.51. The van der Waals surface area contributed by atoms with Crippen molar-refractivity contribution in [3.63, 3.8) is 0 Å². The molecule has 106 valence electrons. The van der Waals surface area contributed by atoms with Crippen LogP contribution in [0.2, 0.25) is 5.02 Å². The van der Waals surface area contributed by atoms with Gasteiger partial charge in [-0.15, -0.1) is 0 Å². The highest BCUT2D eigenvalue weighted by Gasteiger charge is 2.15. The van der Waals surface area contributed by atoms with Crippen molar-refractivity contribution < 1.29 is 8.42 Å². The summed E-state index contributed by atoms with van der Waals surface area (Å²) in [5, 5.41) is 0.121. The van der Waals surface area contributed by atoms with Crippen LogP contribution >= 0.6 is 11.6 Å². The number of nitrogens with two attached hydrogens (primary N) is 1. The molecule has 1 heterocycles. The molecule has 5 nitrogen and oxygen atoms in total. The summed E-state index contributed by atoms with van der Waals surface area (Å²) in [6, 6.07) is 10.9. The van der Waals surface area contributed by atoms with Crippen LogP contribution in [-0.4, -0.2) is 19.9 Å². The predicted molar refractivity (Wildman–Crippen MR) is 79.0 cm³/mol. The van der Waals surface area contributed by atoms with Crippen LogP contribution in [0.15, 0.2) is 47.5 Å². The summed E-state index contributed by atoms with van der Waals surface area (Å²) in [6.07, 6.45) is 1.79. The van der Waals surface area contributed by atoms with Gasteiger partial charge in [-0.1, -0.05) is 41.9 Å². The molecule has 0 saturated carbocycles. The molecule has 0 aliphatic rings. The lowest BCUT2D eigenvalue weighted by atomic mass is 10.2. The Hall–Kier alpha value is -1.63. The zero-order chi connectivity index (χ0) is 14.6. The van der Waals surface area contributed by atoms with Gasteiger partial charge in [-0.05, 0) is 18.1 Å². The zero-order valence-corrected chi connectivity index (χ0v) is 12.2. The molecule has 0 atom stereocenters. The number of hydrogen-bond acceptors (Lipinski definition) is 4. The zero-order valence-electron chi connectivity index (χ0n) is 10.6. The van der Waals surface area contributed by atoms with E-state index < -0.39 is 10.0 Å². The van der Waals surface area contributed by atoms with Crippen molar-refractivity contribution >= 4 is 27.4 Å². The Morgan fingerprint density at radius 1 is 1.25 bits per heavy atom. The molecule has 2 aromatic rings. The average molecular weight is 312 g/mol. The van der Waals surface area contributed by atoms with Crippen molar-refractivity contribution in [1.29, 1.82) is 0 Å². The Bertz CT molecular complexity index is 690. The Morgan fingerprint density at radius 2 is 1.95 bits per heavy atom. The first-order valence-corrected chi connectivity index (χ1v) is 7.80. The van der Waals surface area contributed by atoms with Gasteiger partial charge in [0.2, 0.25) is 10.0 Å². The molecule has 7 heteroatoms. The molecule has 1 aromatic heterocycles. The summed E-state index contributed by atoms with van der Waals surface area (Å²) in [5.74, 6) is 0.106. The summed E-state index contributed by atoms with van der Waals surface area (Å²) >= 11 is 5.77. The number of pyridine rings is 1. The molecule has 20 heavy (non-hydrogen) atoms. The topological polar surface area (TPSA) is 85.1 Å². The molecule has 0 saturated heterocycles. The minimum atomic E-state index is -3.62. The van der Waals surface area contributed by atoms with Crippen LogP contribution in [0.3, 0.4) is 0 Å². The Kier molecular flexibility index (Phi) is 4.59. The van der Waals surface area contributed by atoms with Gasteiger partial charge >= 0.3 is 0 Å². The van der Waals surface area contributed by atoms with Crippen LogP contribution in [0.25, 0.3) is 0 Å². The number of sulfonamides is 1. The maximum Gasteiger partial charge on any atom is 0.242 e. The molecule has 2 rings (SSSR count). The number of rotatable bonds is 5. The van der Waals surface area contributed by atoms with E-state index >= 15 is 0 Å². The first-order valence-electron chi connectivity index (χ1n) is 5.93. The van der Waals surface area contributed by atoms with E-state index in [1.165, 1.54) is 12.3 Å². The molecule has 0 aliphatic carbocycles. The lowest BCUT2D eigenvalue weighted by Crippen LogP contribution is -2.26. The van der Waals surface area contributed by atoms with Gasteiger partial charge < -0.3 is 5.73 Å². The van der Waals surface area contributed by atoms with Crippen LogP contribution < -0.4 is 10.5 Å². The Labute approximate surface area is 122 Å². The quantitative estimate of drug-likeness (QED) is 0.882. The number of halogens is 1. The Balaban J connectivity index is 2.02. The van der Waals surface area contributed by atoms with Gasteiger partial charge in [0.05, 0.1) is 5.02 Å². The number of hydrogen-bond donors (Lipinski definition) is 2. The fourth-order valence-corrected chi connectivity index (χ4v) is 2.87. The second kappa shape index (κ2) is 6.21. The SMILES string of the molecule is Nc1ncc(S(=O)(=O)NCCc2ccccc2)cc1Cl. The maximum absolute atomic E-state index is 12.0. The normalized spacial score (nSPS) is 11.4. The smallest absolute Gasteiger partial charge is 0.242 e. The van der Waals surface area contributed by atoms with Crippen LogP contribution in [0.4, 0.5) is 5.82 Å². The van der Waals surface area contributed by atoms with Gasteiger partial charge in [0.1, 0.15) is 10.7 Å². The minimum Gasteiger partial charge on any atom is -0.382 e. The summed E-state index contributed by atoms with van der Waals surface area (Å²) in [4.78, 5) is 3.74. The summed E-state index contributed by atoms with van der Waals surface area (Å²) in [7, 11) is -3.62. The van der Waals surface area contributed by atoms with E-state index in [9.17, 15) is 8.42 Å². The number of aromatic nitrogens is 1. The van der Waals surface area contributed by atoms with Gasteiger partial charge in [0.25, 0.3) is 0 Å². The van der Waals surface area contributed by atoms with Crippen molar-refractivity contribution in [2.45, 2.75) is 11.3 Å². The molecule has 0 spiro atoms. The van der Waals surface area contributed by atoms with Crippen LogP contribution in [0.5, 0.6) is 0 Å². The third-order valence-electron chi connectivity index (χ3n) is 2.70. The van der Waals surface area contributed by atoms with E-state index in [2.05, 4.69) is 9.71 Å². The molecular formula is C13H14ClN3O2S. The van der Waals surface area contributed by atoms with Crippen LogP contribution in [0, 0.1) is 0 Å². The molecule has 0 bridgehead atoms. The number of nitrogens with zero attached hydrogens (tertiary/aromatic N) is 1. The van der Waals surface area contributed by atoms with E-state index in [1.807, 2.05) is 30.3 Å². The second-order valence-electron chi connectivity index (χ2n) is 4.17. The van der Waals surface area contributed by atoms with E-state index in [0.717, 1.165) is 5.56 Å². The van der Waals surface area contributed by atoms with E-state index in [-0.39, 0.29) is 15.7 Å². The van der Waals surface area contributed by atoms with Crippen molar-refractivity contribution in [1.82, 2.24) is 9.71 Å².